The Morgan fingerprint density at radius 1 is 1.50 bits per heavy atom. The molecule has 2 N–H and O–H groups in total. The Kier molecular flexibility index (Phi) is 6.57. The van der Waals surface area contributed by atoms with Crippen molar-refractivity contribution in [3.63, 3.8) is 0 Å². The van der Waals surface area contributed by atoms with Crippen LogP contribution in [0.4, 0.5) is 4.39 Å². The van der Waals surface area contributed by atoms with Crippen LogP contribution in [0, 0.1) is 5.82 Å². The summed E-state index contributed by atoms with van der Waals surface area (Å²) in [6.07, 6.45) is 0. The molecule has 1 atom stereocenters. The van der Waals surface area contributed by atoms with Crippen molar-refractivity contribution in [2.24, 2.45) is 5.73 Å². The van der Waals surface area contributed by atoms with E-state index in [-0.39, 0.29) is 11.9 Å². The lowest BCUT2D eigenvalue weighted by molar-refractivity contribution is 0.125. The predicted octanol–water partition coefficient (Wildman–Crippen LogP) is 2.45. The summed E-state index contributed by atoms with van der Waals surface area (Å²) in [5.41, 5.74) is 6.68. The van der Waals surface area contributed by atoms with Crippen molar-refractivity contribution >= 4 is 11.6 Å². The number of rotatable bonds is 7. The summed E-state index contributed by atoms with van der Waals surface area (Å²) in [5, 5.41) is 0.418. The maximum atomic E-state index is 13.1. The van der Waals surface area contributed by atoms with E-state index in [2.05, 4.69) is 11.8 Å². The quantitative estimate of drug-likeness (QED) is 0.830. The highest BCUT2D eigenvalue weighted by molar-refractivity contribution is 6.31. The Balaban J connectivity index is 2.92. The molecule has 0 bridgehead atoms. The van der Waals surface area contributed by atoms with E-state index >= 15 is 0 Å². The molecule has 0 heterocycles. The van der Waals surface area contributed by atoms with Gasteiger partial charge in [0.1, 0.15) is 5.82 Å². The molecule has 0 saturated heterocycles. The van der Waals surface area contributed by atoms with Gasteiger partial charge < -0.3 is 10.5 Å². The van der Waals surface area contributed by atoms with Gasteiger partial charge in [0.25, 0.3) is 0 Å². The van der Waals surface area contributed by atoms with Gasteiger partial charge in [0.05, 0.1) is 6.61 Å². The molecule has 1 aromatic rings. The van der Waals surface area contributed by atoms with Gasteiger partial charge in [0.2, 0.25) is 0 Å². The normalized spacial score (nSPS) is 13.0. The van der Waals surface area contributed by atoms with Gasteiger partial charge >= 0.3 is 0 Å². The van der Waals surface area contributed by atoms with E-state index in [1.165, 1.54) is 12.1 Å². The van der Waals surface area contributed by atoms with E-state index < -0.39 is 0 Å². The van der Waals surface area contributed by atoms with Crippen LogP contribution in [-0.2, 0) is 4.74 Å². The zero-order valence-electron chi connectivity index (χ0n) is 10.8. The van der Waals surface area contributed by atoms with Crippen molar-refractivity contribution in [1.82, 2.24) is 4.90 Å². The Labute approximate surface area is 113 Å². The number of likely N-dealkylation sites (N-methyl/N-ethyl adjacent to an activating group) is 1. The fraction of sp³-hybridized carbons (Fsp3) is 0.538. The van der Waals surface area contributed by atoms with Gasteiger partial charge in [0, 0.05) is 31.3 Å². The molecule has 0 aliphatic heterocycles. The average molecular weight is 275 g/mol. The summed E-state index contributed by atoms with van der Waals surface area (Å²) in [4.78, 5) is 2.17. The highest BCUT2D eigenvalue weighted by atomic mass is 35.5. The molecule has 5 heteroatoms. The lowest BCUT2D eigenvalue weighted by Gasteiger charge is -2.30. The molecule has 0 aliphatic rings. The molecular formula is C13H20ClFN2O. The van der Waals surface area contributed by atoms with Gasteiger partial charge in [-0.3, -0.25) is 4.90 Å². The third kappa shape index (κ3) is 3.92. The summed E-state index contributed by atoms with van der Waals surface area (Å²) < 4.78 is 18.1. The molecule has 1 unspecified atom stereocenters. The summed E-state index contributed by atoms with van der Waals surface area (Å²) >= 11 is 6.08. The summed E-state index contributed by atoms with van der Waals surface area (Å²) in [7, 11) is 1.66. The van der Waals surface area contributed by atoms with Crippen LogP contribution in [0.1, 0.15) is 18.5 Å². The molecule has 0 aromatic heterocycles. The smallest absolute Gasteiger partial charge is 0.124 e. The standard InChI is InChI=1S/C13H20ClFN2O/c1-3-17(6-7-18-2)13(9-16)11-5-4-10(15)8-12(11)14/h4-5,8,13H,3,6-7,9,16H2,1-2H3. The Bertz CT molecular complexity index is 376. The van der Waals surface area contributed by atoms with Crippen LogP contribution in [0.15, 0.2) is 18.2 Å². The lowest BCUT2D eigenvalue weighted by Crippen LogP contribution is -2.36. The van der Waals surface area contributed by atoms with E-state index in [4.69, 9.17) is 22.1 Å². The van der Waals surface area contributed by atoms with Crippen LogP contribution >= 0.6 is 11.6 Å². The minimum atomic E-state index is -0.334. The summed E-state index contributed by atoms with van der Waals surface area (Å²) in [6.45, 7) is 4.71. The maximum Gasteiger partial charge on any atom is 0.124 e. The number of hydrogen-bond donors (Lipinski definition) is 1. The molecule has 3 nitrogen and oxygen atoms in total. The number of benzene rings is 1. The topological polar surface area (TPSA) is 38.5 Å². The second-order valence-corrected chi connectivity index (χ2v) is 4.45. The van der Waals surface area contributed by atoms with Crippen LogP contribution in [0.25, 0.3) is 0 Å². The van der Waals surface area contributed by atoms with Crippen LogP contribution < -0.4 is 5.73 Å². The molecule has 0 saturated carbocycles. The zero-order chi connectivity index (χ0) is 13.5. The number of ether oxygens (including phenoxy) is 1. The molecular weight excluding hydrogens is 255 g/mol. The first kappa shape index (κ1) is 15.4. The first-order valence-electron chi connectivity index (χ1n) is 6.02. The van der Waals surface area contributed by atoms with Gasteiger partial charge in [-0.1, -0.05) is 24.6 Å². The first-order chi connectivity index (χ1) is 8.63. The first-order valence-corrected chi connectivity index (χ1v) is 6.39. The molecule has 1 aromatic carbocycles. The fourth-order valence-electron chi connectivity index (χ4n) is 1.99. The molecule has 0 spiro atoms. The SMILES string of the molecule is CCN(CCOC)C(CN)c1ccc(F)cc1Cl. The van der Waals surface area contributed by atoms with E-state index in [0.29, 0.717) is 18.2 Å². The van der Waals surface area contributed by atoms with E-state index in [1.807, 2.05) is 0 Å². The van der Waals surface area contributed by atoms with Crippen molar-refractivity contribution in [2.75, 3.05) is 33.4 Å². The minimum absolute atomic E-state index is 0.0155. The van der Waals surface area contributed by atoms with Crippen LogP contribution in [-0.4, -0.2) is 38.3 Å². The Hall–Kier alpha value is -0.680. The molecule has 1 rings (SSSR count). The van der Waals surface area contributed by atoms with Gasteiger partial charge in [-0.2, -0.15) is 0 Å². The van der Waals surface area contributed by atoms with Gasteiger partial charge in [-0.25, -0.2) is 4.39 Å². The molecule has 18 heavy (non-hydrogen) atoms. The zero-order valence-corrected chi connectivity index (χ0v) is 11.6. The average Bonchev–Trinajstić information content (AvgIpc) is 2.36. The number of methoxy groups -OCH3 is 1. The van der Waals surface area contributed by atoms with Crippen LogP contribution in [0.3, 0.4) is 0 Å². The molecule has 0 fully saturated rings. The van der Waals surface area contributed by atoms with E-state index in [9.17, 15) is 4.39 Å². The number of halogens is 2. The largest absolute Gasteiger partial charge is 0.383 e. The third-order valence-corrected chi connectivity index (χ3v) is 3.30. The van der Waals surface area contributed by atoms with Crippen molar-refractivity contribution in [2.45, 2.75) is 13.0 Å². The maximum absolute atomic E-state index is 13.1. The number of hydrogen-bond acceptors (Lipinski definition) is 3. The molecule has 0 amide bonds. The van der Waals surface area contributed by atoms with Crippen molar-refractivity contribution in [3.8, 4) is 0 Å². The monoisotopic (exact) mass is 274 g/mol. The van der Waals surface area contributed by atoms with Gasteiger partial charge in [-0.15, -0.1) is 0 Å². The molecule has 0 radical (unpaired) electrons. The molecule has 0 aliphatic carbocycles. The molecule has 102 valence electrons. The third-order valence-electron chi connectivity index (χ3n) is 2.97. The highest BCUT2D eigenvalue weighted by Crippen LogP contribution is 2.27. The van der Waals surface area contributed by atoms with Gasteiger partial charge in [0.15, 0.2) is 0 Å². The lowest BCUT2D eigenvalue weighted by atomic mass is 10.0. The highest BCUT2D eigenvalue weighted by Gasteiger charge is 2.20. The van der Waals surface area contributed by atoms with Crippen LogP contribution in [0.5, 0.6) is 0 Å². The summed E-state index contributed by atoms with van der Waals surface area (Å²) in [5.74, 6) is -0.334. The summed E-state index contributed by atoms with van der Waals surface area (Å²) in [6, 6.07) is 4.42. The second kappa shape index (κ2) is 7.69. The predicted molar refractivity (Wildman–Crippen MR) is 72.3 cm³/mol. The Morgan fingerprint density at radius 2 is 2.22 bits per heavy atom. The van der Waals surface area contributed by atoms with E-state index in [1.54, 1.807) is 13.2 Å². The van der Waals surface area contributed by atoms with Gasteiger partial charge in [-0.05, 0) is 24.2 Å². The Morgan fingerprint density at radius 3 is 2.72 bits per heavy atom. The fourth-order valence-corrected chi connectivity index (χ4v) is 2.28. The van der Waals surface area contributed by atoms with Crippen molar-refractivity contribution in [3.05, 3.63) is 34.6 Å². The van der Waals surface area contributed by atoms with Crippen molar-refractivity contribution in [1.29, 1.82) is 0 Å². The van der Waals surface area contributed by atoms with E-state index in [0.717, 1.165) is 18.7 Å². The van der Waals surface area contributed by atoms with Crippen molar-refractivity contribution < 1.29 is 9.13 Å². The second-order valence-electron chi connectivity index (χ2n) is 4.04. The number of nitrogens with two attached hydrogens (primary N) is 1. The number of nitrogens with zero attached hydrogens (tertiary/aromatic N) is 1. The minimum Gasteiger partial charge on any atom is -0.383 e. The van der Waals surface area contributed by atoms with Crippen LogP contribution in [0.2, 0.25) is 5.02 Å².